The quantitative estimate of drug-likeness (QED) is 0.315. The van der Waals surface area contributed by atoms with Gasteiger partial charge < -0.3 is 10.6 Å². The van der Waals surface area contributed by atoms with Crippen molar-refractivity contribution in [3.63, 3.8) is 0 Å². The molecule has 4 aromatic rings. The number of aromatic nitrogens is 5. The van der Waals surface area contributed by atoms with Crippen molar-refractivity contribution in [1.29, 1.82) is 0 Å². The number of nitrogen functional groups attached to an aromatic ring is 1. The number of amides is 1. The van der Waals surface area contributed by atoms with E-state index in [0.717, 1.165) is 16.1 Å². The van der Waals surface area contributed by atoms with Crippen molar-refractivity contribution in [2.24, 2.45) is 5.10 Å². The van der Waals surface area contributed by atoms with Crippen LogP contribution in [0.5, 0.6) is 0 Å². The lowest BCUT2D eigenvalue weighted by Gasteiger charge is -2.11. The van der Waals surface area contributed by atoms with Crippen molar-refractivity contribution in [2.45, 2.75) is 6.92 Å². The molecule has 0 atom stereocenters. The Hall–Kier alpha value is -4.32. The molecule has 3 heterocycles. The molecule has 3 N–H and O–H groups in total. The molecule has 168 valence electrons. The zero-order chi connectivity index (χ0) is 23.4. The lowest BCUT2D eigenvalue weighted by molar-refractivity contribution is 0.0950. The van der Waals surface area contributed by atoms with Crippen molar-refractivity contribution in [1.82, 2.24) is 30.7 Å². The second kappa shape index (κ2) is 9.44. The monoisotopic (exact) mass is 463 g/mol. The van der Waals surface area contributed by atoms with Crippen LogP contribution in [0.25, 0.3) is 22.5 Å². The van der Waals surface area contributed by atoms with Gasteiger partial charge in [-0.25, -0.2) is 10.1 Å². The minimum atomic E-state index is -0.525. The van der Waals surface area contributed by atoms with Gasteiger partial charge in [0.05, 0.1) is 10.6 Å². The number of thiophene rings is 1. The van der Waals surface area contributed by atoms with Crippen LogP contribution in [0.1, 0.15) is 23.0 Å². The lowest BCUT2D eigenvalue weighted by atomic mass is 10.2. The SMILES string of the molecule is CC(/C=C/c1ccc(N(C)C)cc1)=N\NC(=O)c1nnn(-c2nonc2N)c1-c1cccs1. The van der Waals surface area contributed by atoms with E-state index < -0.39 is 5.91 Å². The predicted molar refractivity (Wildman–Crippen MR) is 127 cm³/mol. The fourth-order valence-corrected chi connectivity index (χ4v) is 3.64. The van der Waals surface area contributed by atoms with Gasteiger partial charge in [0.25, 0.3) is 5.91 Å². The van der Waals surface area contributed by atoms with Gasteiger partial charge in [-0.15, -0.1) is 16.4 Å². The zero-order valence-electron chi connectivity index (χ0n) is 18.1. The maximum Gasteiger partial charge on any atom is 0.294 e. The highest BCUT2D eigenvalue weighted by molar-refractivity contribution is 7.13. The number of benzene rings is 1. The summed E-state index contributed by atoms with van der Waals surface area (Å²) >= 11 is 1.41. The highest BCUT2D eigenvalue weighted by Gasteiger charge is 2.25. The molecule has 11 nitrogen and oxygen atoms in total. The smallest absolute Gasteiger partial charge is 0.294 e. The van der Waals surface area contributed by atoms with E-state index in [9.17, 15) is 4.79 Å². The van der Waals surface area contributed by atoms with Gasteiger partial charge in [-0.2, -0.15) is 9.78 Å². The minimum Gasteiger partial charge on any atom is -0.378 e. The molecule has 0 unspecified atom stereocenters. The van der Waals surface area contributed by atoms with Crippen LogP contribution < -0.4 is 16.1 Å². The number of allylic oxidation sites excluding steroid dienone is 1. The Morgan fingerprint density at radius 3 is 2.67 bits per heavy atom. The number of hydrogen-bond acceptors (Lipinski definition) is 10. The van der Waals surface area contributed by atoms with Gasteiger partial charge in [-0.1, -0.05) is 29.5 Å². The number of rotatable bonds is 7. The van der Waals surface area contributed by atoms with Crippen LogP contribution in [0.2, 0.25) is 0 Å². The summed E-state index contributed by atoms with van der Waals surface area (Å²) in [5.41, 5.74) is 11.5. The Labute approximate surface area is 193 Å². The summed E-state index contributed by atoms with van der Waals surface area (Å²) in [6.07, 6.45) is 3.72. The maximum atomic E-state index is 12.9. The van der Waals surface area contributed by atoms with Crippen LogP contribution >= 0.6 is 11.3 Å². The third kappa shape index (κ3) is 4.80. The lowest BCUT2D eigenvalue weighted by Crippen LogP contribution is -2.20. The first-order chi connectivity index (χ1) is 15.9. The van der Waals surface area contributed by atoms with E-state index in [0.29, 0.717) is 11.4 Å². The molecule has 1 amide bonds. The average Bonchev–Trinajstić information content (AvgIpc) is 3.56. The van der Waals surface area contributed by atoms with Gasteiger partial charge in [-0.05, 0) is 52.5 Å². The molecule has 0 aliphatic heterocycles. The molecule has 1 aromatic carbocycles. The number of hydrazone groups is 1. The number of anilines is 2. The second-order valence-corrected chi connectivity index (χ2v) is 8.11. The van der Waals surface area contributed by atoms with E-state index in [-0.39, 0.29) is 17.3 Å². The van der Waals surface area contributed by atoms with Crippen LogP contribution in [0.3, 0.4) is 0 Å². The van der Waals surface area contributed by atoms with Crippen LogP contribution in [0.4, 0.5) is 11.5 Å². The van der Waals surface area contributed by atoms with Gasteiger partial charge in [0.15, 0.2) is 5.69 Å². The Bertz CT molecular complexity index is 1300. The number of carbonyl (C=O) groups is 1. The summed E-state index contributed by atoms with van der Waals surface area (Å²) < 4.78 is 5.98. The van der Waals surface area contributed by atoms with Crippen molar-refractivity contribution in [3.05, 3.63) is 59.1 Å². The summed E-state index contributed by atoms with van der Waals surface area (Å²) in [6, 6.07) is 11.8. The van der Waals surface area contributed by atoms with Gasteiger partial charge in [0, 0.05) is 19.8 Å². The zero-order valence-corrected chi connectivity index (χ0v) is 18.9. The summed E-state index contributed by atoms with van der Waals surface area (Å²) in [5, 5.41) is 21.4. The van der Waals surface area contributed by atoms with Crippen molar-refractivity contribution >= 4 is 40.5 Å². The topological polar surface area (TPSA) is 140 Å². The molecule has 3 aromatic heterocycles. The van der Waals surface area contributed by atoms with Gasteiger partial charge >= 0.3 is 0 Å². The molecule has 0 aliphatic rings. The van der Waals surface area contributed by atoms with Crippen LogP contribution in [0, 0.1) is 0 Å². The van der Waals surface area contributed by atoms with Gasteiger partial charge in [-0.3, -0.25) is 4.79 Å². The molecule has 0 fully saturated rings. The predicted octanol–water partition coefficient (Wildman–Crippen LogP) is 2.85. The molecule has 0 saturated carbocycles. The first-order valence-electron chi connectivity index (χ1n) is 9.82. The van der Waals surface area contributed by atoms with E-state index in [2.05, 4.69) is 35.8 Å². The normalized spacial score (nSPS) is 11.8. The van der Waals surface area contributed by atoms with Crippen molar-refractivity contribution in [3.8, 4) is 16.4 Å². The van der Waals surface area contributed by atoms with E-state index in [1.807, 2.05) is 72.9 Å². The number of nitrogens with zero attached hydrogens (tertiary/aromatic N) is 7. The Morgan fingerprint density at radius 1 is 1.24 bits per heavy atom. The second-order valence-electron chi connectivity index (χ2n) is 7.16. The standard InChI is InChI=1S/C21H21N9O2S/c1-13(6-7-14-8-10-15(11-9-14)29(2)3)23-25-21(31)17-18(16-5-4-12-33-16)30(28-24-17)20-19(22)26-32-27-20/h4-12H,1-3H3,(H2,22,26)(H,25,31)/b7-6+,23-13+. The Balaban J connectivity index is 1.53. The number of nitrogens with one attached hydrogen (secondary N) is 1. The summed E-state index contributed by atoms with van der Waals surface area (Å²) in [7, 11) is 3.98. The average molecular weight is 464 g/mol. The van der Waals surface area contributed by atoms with Crippen LogP contribution in [0.15, 0.2) is 57.6 Å². The van der Waals surface area contributed by atoms with Gasteiger partial charge in [0.1, 0.15) is 5.69 Å². The van der Waals surface area contributed by atoms with E-state index >= 15 is 0 Å². The van der Waals surface area contributed by atoms with Gasteiger partial charge in [0.2, 0.25) is 11.6 Å². The fraction of sp³-hybridized carbons (Fsp3) is 0.143. The highest BCUT2D eigenvalue weighted by atomic mass is 32.1. The van der Waals surface area contributed by atoms with E-state index in [1.54, 1.807) is 6.92 Å². The third-order valence-electron chi connectivity index (χ3n) is 4.60. The molecule has 0 radical (unpaired) electrons. The van der Waals surface area contributed by atoms with E-state index in [1.165, 1.54) is 16.0 Å². The van der Waals surface area contributed by atoms with Crippen molar-refractivity contribution in [2.75, 3.05) is 24.7 Å². The summed E-state index contributed by atoms with van der Waals surface area (Å²) in [4.78, 5) is 15.6. The highest BCUT2D eigenvalue weighted by Crippen LogP contribution is 2.29. The first kappa shape index (κ1) is 21.9. The molecule has 0 spiro atoms. The molecule has 0 bridgehead atoms. The third-order valence-corrected chi connectivity index (χ3v) is 5.47. The molecular formula is C21H21N9O2S. The summed E-state index contributed by atoms with van der Waals surface area (Å²) in [6.45, 7) is 1.78. The fourth-order valence-electron chi connectivity index (χ4n) is 2.88. The molecule has 12 heteroatoms. The molecule has 4 rings (SSSR count). The van der Waals surface area contributed by atoms with E-state index in [4.69, 9.17) is 5.73 Å². The van der Waals surface area contributed by atoms with Crippen LogP contribution in [-0.4, -0.2) is 51.0 Å². The minimum absolute atomic E-state index is 0.0299. The van der Waals surface area contributed by atoms with Crippen LogP contribution in [-0.2, 0) is 0 Å². The largest absolute Gasteiger partial charge is 0.378 e. The molecule has 33 heavy (non-hydrogen) atoms. The Kier molecular flexibility index (Phi) is 6.26. The number of carbonyl (C=O) groups excluding carboxylic acids is 1. The number of nitrogens with two attached hydrogens (primary N) is 1. The molecule has 0 aliphatic carbocycles. The van der Waals surface area contributed by atoms with Crippen molar-refractivity contribution < 1.29 is 9.42 Å². The molecule has 0 saturated heterocycles. The molecular weight excluding hydrogens is 442 g/mol. The number of hydrogen-bond donors (Lipinski definition) is 2. The first-order valence-corrected chi connectivity index (χ1v) is 10.7. The maximum absolute atomic E-state index is 12.9. The Morgan fingerprint density at radius 2 is 2.03 bits per heavy atom. The summed E-state index contributed by atoms with van der Waals surface area (Å²) in [5.74, 6) is -0.349.